The molecular formula is C32H20N6. The summed E-state index contributed by atoms with van der Waals surface area (Å²) in [5.74, 6) is 0.880. The highest BCUT2D eigenvalue weighted by Crippen LogP contribution is 2.33. The first-order chi connectivity index (χ1) is 18.8. The van der Waals surface area contributed by atoms with E-state index >= 15 is 0 Å². The molecule has 6 nitrogen and oxygen atoms in total. The number of fused-ring (bicyclic) bond motifs is 7. The number of anilines is 1. The summed E-state index contributed by atoms with van der Waals surface area (Å²) in [4.78, 5) is 23.4. The van der Waals surface area contributed by atoms with E-state index < -0.39 is 0 Å². The Labute approximate surface area is 217 Å². The SMILES string of the molecule is C1=C(c2cnc3c(ccc4cccnc43)c2)CNc2ncc(-c3cnc4c(ccc5cccnc54)c3)cc21. The monoisotopic (exact) mass is 488 g/mol. The Hall–Kier alpha value is -5.23. The van der Waals surface area contributed by atoms with Gasteiger partial charge in [0, 0.05) is 75.8 Å². The number of benzene rings is 2. The molecule has 0 atom stereocenters. The molecule has 0 bridgehead atoms. The van der Waals surface area contributed by atoms with Gasteiger partial charge in [0.15, 0.2) is 0 Å². The third kappa shape index (κ3) is 3.31. The van der Waals surface area contributed by atoms with Crippen LogP contribution in [0.4, 0.5) is 5.82 Å². The second kappa shape index (κ2) is 8.15. The van der Waals surface area contributed by atoms with Crippen molar-refractivity contribution in [3.63, 3.8) is 0 Å². The molecule has 1 N–H and O–H groups in total. The van der Waals surface area contributed by atoms with Crippen LogP contribution in [0.1, 0.15) is 11.1 Å². The Morgan fingerprint density at radius 2 is 1.08 bits per heavy atom. The zero-order chi connectivity index (χ0) is 25.1. The lowest BCUT2D eigenvalue weighted by Gasteiger charge is -2.19. The molecule has 6 heteroatoms. The first kappa shape index (κ1) is 20.9. The molecule has 0 amide bonds. The van der Waals surface area contributed by atoms with Crippen LogP contribution in [-0.2, 0) is 0 Å². The third-order valence-electron chi connectivity index (χ3n) is 7.24. The zero-order valence-corrected chi connectivity index (χ0v) is 20.3. The highest BCUT2D eigenvalue weighted by atomic mass is 15.0. The van der Waals surface area contributed by atoms with Crippen LogP contribution in [0.25, 0.3) is 66.4 Å². The van der Waals surface area contributed by atoms with E-state index in [1.165, 1.54) is 5.57 Å². The van der Waals surface area contributed by atoms with E-state index in [0.29, 0.717) is 6.54 Å². The highest BCUT2D eigenvalue weighted by Gasteiger charge is 2.15. The van der Waals surface area contributed by atoms with E-state index in [0.717, 1.165) is 71.7 Å². The fraction of sp³-hybridized carbons (Fsp3) is 0.0312. The van der Waals surface area contributed by atoms with E-state index in [2.05, 4.69) is 76.0 Å². The van der Waals surface area contributed by atoms with Crippen molar-refractivity contribution in [2.75, 3.05) is 11.9 Å². The Kier molecular flexibility index (Phi) is 4.48. The molecule has 1 aliphatic heterocycles. The largest absolute Gasteiger partial charge is 0.365 e. The second-order valence-corrected chi connectivity index (χ2v) is 9.56. The first-order valence-corrected chi connectivity index (χ1v) is 12.5. The van der Waals surface area contributed by atoms with Crippen LogP contribution in [0, 0.1) is 0 Å². The molecule has 0 saturated heterocycles. The van der Waals surface area contributed by atoms with Gasteiger partial charge in [0.25, 0.3) is 0 Å². The van der Waals surface area contributed by atoms with Crippen molar-refractivity contribution >= 4 is 61.1 Å². The van der Waals surface area contributed by atoms with Crippen molar-refractivity contribution in [1.82, 2.24) is 24.9 Å². The van der Waals surface area contributed by atoms with Crippen LogP contribution >= 0.6 is 0 Å². The van der Waals surface area contributed by atoms with Crippen LogP contribution in [-0.4, -0.2) is 31.5 Å². The number of hydrogen-bond donors (Lipinski definition) is 1. The van der Waals surface area contributed by atoms with Crippen LogP contribution in [0.3, 0.4) is 0 Å². The Balaban J connectivity index is 1.19. The predicted molar refractivity (Wildman–Crippen MR) is 154 cm³/mol. The van der Waals surface area contributed by atoms with Gasteiger partial charge in [-0.25, -0.2) is 4.98 Å². The lowest BCUT2D eigenvalue weighted by molar-refractivity contribution is 1.21. The molecule has 0 radical (unpaired) electrons. The Morgan fingerprint density at radius 3 is 1.79 bits per heavy atom. The molecule has 0 fully saturated rings. The van der Waals surface area contributed by atoms with Gasteiger partial charge in [-0.2, -0.15) is 0 Å². The number of pyridine rings is 5. The second-order valence-electron chi connectivity index (χ2n) is 9.56. The van der Waals surface area contributed by atoms with Crippen molar-refractivity contribution < 1.29 is 0 Å². The summed E-state index contributed by atoms with van der Waals surface area (Å²) >= 11 is 0. The third-order valence-corrected chi connectivity index (χ3v) is 7.24. The van der Waals surface area contributed by atoms with Gasteiger partial charge < -0.3 is 5.32 Å². The average molecular weight is 489 g/mol. The minimum atomic E-state index is 0.690. The maximum absolute atomic E-state index is 4.80. The van der Waals surface area contributed by atoms with Gasteiger partial charge >= 0.3 is 0 Å². The lowest BCUT2D eigenvalue weighted by atomic mass is 9.98. The van der Waals surface area contributed by atoms with Gasteiger partial charge in [0.1, 0.15) is 5.82 Å². The molecule has 0 aliphatic carbocycles. The normalized spacial score (nSPS) is 13.0. The summed E-state index contributed by atoms with van der Waals surface area (Å²) in [6.45, 7) is 0.690. The van der Waals surface area contributed by atoms with Crippen LogP contribution in [0.2, 0.25) is 0 Å². The number of hydrogen-bond acceptors (Lipinski definition) is 6. The molecule has 0 unspecified atom stereocenters. The van der Waals surface area contributed by atoms with Gasteiger partial charge in [-0.15, -0.1) is 0 Å². The van der Waals surface area contributed by atoms with E-state index in [9.17, 15) is 0 Å². The molecule has 1 aliphatic rings. The topological polar surface area (TPSA) is 76.5 Å². The summed E-state index contributed by atoms with van der Waals surface area (Å²) in [5, 5.41) is 7.80. The summed E-state index contributed by atoms with van der Waals surface area (Å²) in [7, 11) is 0. The van der Waals surface area contributed by atoms with E-state index in [-0.39, 0.29) is 0 Å². The van der Waals surface area contributed by atoms with Crippen molar-refractivity contribution in [2.24, 2.45) is 0 Å². The number of rotatable bonds is 2. The smallest absolute Gasteiger partial charge is 0.133 e. The van der Waals surface area contributed by atoms with Gasteiger partial charge in [-0.3, -0.25) is 19.9 Å². The van der Waals surface area contributed by atoms with Crippen molar-refractivity contribution in [1.29, 1.82) is 0 Å². The fourth-order valence-corrected chi connectivity index (χ4v) is 5.31. The average Bonchev–Trinajstić information content (AvgIpc) is 2.99. The fourth-order valence-electron chi connectivity index (χ4n) is 5.31. The van der Waals surface area contributed by atoms with Crippen molar-refractivity contribution in [3.8, 4) is 11.1 Å². The number of aromatic nitrogens is 5. The first-order valence-electron chi connectivity index (χ1n) is 12.5. The van der Waals surface area contributed by atoms with E-state index in [1.807, 2.05) is 43.1 Å². The molecule has 5 aromatic heterocycles. The lowest BCUT2D eigenvalue weighted by Crippen LogP contribution is -2.11. The number of nitrogens with zero attached hydrogens (tertiary/aromatic N) is 5. The standard InChI is InChI=1S/C32H20N6/c1-3-19-5-7-21-11-24(15-35-30(21)28(19)33-9-1)26-13-23-14-27(18-38-32(23)37-17-26)25-12-22-8-6-20-4-2-10-34-29(20)31(22)36-16-25/h1-17H,18H2,(H,37,38). The zero-order valence-electron chi connectivity index (χ0n) is 20.3. The highest BCUT2D eigenvalue weighted by molar-refractivity contribution is 6.05. The molecular weight excluding hydrogens is 468 g/mol. The Bertz CT molecular complexity index is 2100. The number of nitrogens with one attached hydrogen (secondary N) is 1. The molecule has 0 spiro atoms. The van der Waals surface area contributed by atoms with Crippen molar-refractivity contribution in [3.05, 3.63) is 109 Å². The summed E-state index contributed by atoms with van der Waals surface area (Å²) in [6, 6.07) is 23.0. The molecule has 6 heterocycles. The summed E-state index contributed by atoms with van der Waals surface area (Å²) in [6.07, 6.45) is 11.6. The molecule has 178 valence electrons. The van der Waals surface area contributed by atoms with Crippen LogP contribution < -0.4 is 5.32 Å². The van der Waals surface area contributed by atoms with Gasteiger partial charge in [0.2, 0.25) is 0 Å². The minimum absolute atomic E-state index is 0.690. The quantitative estimate of drug-likeness (QED) is 0.267. The van der Waals surface area contributed by atoms with Crippen molar-refractivity contribution in [2.45, 2.75) is 0 Å². The Morgan fingerprint density at radius 1 is 0.526 bits per heavy atom. The van der Waals surface area contributed by atoms with Gasteiger partial charge in [0.05, 0.1) is 22.1 Å². The van der Waals surface area contributed by atoms with Crippen LogP contribution in [0.5, 0.6) is 0 Å². The molecule has 7 aromatic rings. The molecule has 8 rings (SSSR count). The molecule has 2 aromatic carbocycles. The van der Waals surface area contributed by atoms with Crippen LogP contribution in [0.15, 0.2) is 97.7 Å². The molecule has 38 heavy (non-hydrogen) atoms. The summed E-state index contributed by atoms with van der Waals surface area (Å²) in [5.41, 5.74) is 9.03. The molecule has 0 saturated carbocycles. The van der Waals surface area contributed by atoms with E-state index in [4.69, 9.17) is 15.0 Å². The summed E-state index contributed by atoms with van der Waals surface area (Å²) < 4.78 is 0. The predicted octanol–water partition coefficient (Wildman–Crippen LogP) is 6.91. The van der Waals surface area contributed by atoms with Gasteiger partial charge in [-0.1, -0.05) is 36.4 Å². The van der Waals surface area contributed by atoms with E-state index in [1.54, 1.807) is 0 Å². The maximum atomic E-state index is 4.80. The minimum Gasteiger partial charge on any atom is -0.365 e. The van der Waals surface area contributed by atoms with Gasteiger partial charge in [-0.05, 0) is 47.5 Å². The maximum Gasteiger partial charge on any atom is 0.133 e.